The fourth-order valence-electron chi connectivity index (χ4n) is 4.72. The summed E-state index contributed by atoms with van der Waals surface area (Å²) in [5.41, 5.74) is 4.20. The average Bonchev–Trinajstić information content (AvgIpc) is 3.38. The van der Waals surface area contributed by atoms with Gasteiger partial charge in [-0.25, -0.2) is 14.6 Å². The Kier molecular flexibility index (Phi) is 6.75. The molecule has 1 aliphatic heterocycles. The molecule has 2 unspecified atom stereocenters. The molecule has 5 rings (SSSR count). The zero-order chi connectivity index (χ0) is 25.0. The van der Waals surface area contributed by atoms with E-state index in [0.717, 1.165) is 22.3 Å². The smallest absolute Gasteiger partial charge is 0.366 e. The summed E-state index contributed by atoms with van der Waals surface area (Å²) in [6.07, 6.45) is 2.24. The van der Waals surface area contributed by atoms with E-state index in [1.54, 1.807) is 6.26 Å². The van der Waals surface area contributed by atoms with Crippen molar-refractivity contribution in [3.63, 3.8) is 0 Å². The van der Waals surface area contributed by atoms with Gasteiger partial charge >= 0.3 is 11.9 Å². The molecule has 1 amide bonds. The first-order chi connectivity index (χ1) is 17.5. The van der Waals surface area contributed by atoms with Gasteiger partial charge in [0.05, 0.1) is 12.1 Å². The number of carboxylic acid groups (broad SMARTS) is 1. The standard InChI is InChI=1S/C29H26N2O5/c32-27(17-21-9-3-1-4-10-21)31(19-24-14-8-7-13-23(24)18-26(31)29(33)34)36-16-15-25-20-35-28(30-25)22-11-5-2-6-12-22/h1-14,20,26H,15-19H2/p+1. The maximum absolute atomic E-state index is 13.8. The summed E-state index contributed by atoms with van der Waals surface area (Å²) in [5, 5.41) is 10.2. The van der Waals surface area contributed by atoms with E-state index in [4.69, 9.17) is 9.25 Å². The Labute approximate surface area is 209 Å². The van der Waals surface area contributed by atoms with E-state index in [-0.39, 0.29) is 31.9 Å². The van der Waals surface area contributed by atoms with Crippen LogP contribution in [0.15, 0.2) is 95.6 Å². The molecule has 0 saturated carbocycles. The van der Waals surface area contributed by atoms with E-state index in [1.165, 1.54) is 0 Å². The van der Waals surface area contributed by atoms with Gasteiger partial charge in [-0.15, -0.1) is 4.65 Å². The Morgan fingerprint density at radius 1 is 0.944 bits per heavy atom. The molecule has 0 aliphatic carbocycles. The van der Waals surface area contributed by atoms with E-state index in [9.17, 15) is 14.7 Å². The summed E-state index contributed by atoms with van der Waals surface area (Å²) in [5.74, 6) is -0.836. The molecule has 7 heteroatoms. The number of nitrogens with zero attached hydrogens (tertiary/aromatic N) is 2. The van der Waals surface area contributed by atoms with Crippen molar-refractivity contribution in [2.75, 3.05) is 6.61 Å². The van der Waals surface area contributed by atoms with Crippen molar-refractivity contribution < 1.29 is 28.6 Å². The lowest BCUT2D eigenvalue weighted by atomic mass is 9.92. The van der Waals surface area contributed by atoms with Gasteiger partial charge in [-0.05, 0) is 23.3 Å². The maximum Gasteiger partial charge on any atom is 0.366 e. The minimum atomic E-state index is -1.06. The third-order valence-corrected chi connectivity index (χ3v) is 6.60. The number of carbonyl (C=O) groups excluding carboxylic acids is 1. The molecule has 0 spiro atoms. The Morgan fingerprint density at radius 2 is 1.61 bits per heavy atom. The normalized spacial score (nSPS) is 18.9. The quantitative estimate of drug-likeness (QED) is 0.368. The number of oxazole rings is 1. The summed E-state index contributed by atoms with van der Waals surface area (Å²) in [4.78, 5) is 37.1. The predicted octanol–water partition coefficient (Wildman–Crippen LogP) is 4.61. The molecule has 0 fully saturated rings. The Balaban J connectivity index is 1.41. The van der Waals surface area contributed by atoms with Gasteiger partial charge < -0.3 is 9.52 Å². The number of aliphatic carboxylic acids is 1. The second-order valence-corrected chi connectivity index (χ2v) is 8.93. The van der Waals surface area contributed by atoms with Crippen LogP contribution in [0, 0.1) is 0 Å². The lowest BCUT2D eigenvalue weighted by Crippen LogP contribution is -2.64. The number of hydroxylamine groups is 3. The highest BCUT2D eigenvalue weighted by Gasteiger charge is 2.53. The average molecular weight is 484 g/mol. The highest BCUT2D eigenvalue weighted by Crippen LogP contribution is 2.33. The molecule has 36 heavy (non-hydrogen) atoms. The lowest BCUT2D eigenvalue weighted by Gasteiger charge is -2.41. The van der Waals surface area contributed by atoms with Gasteiger partial charge in [0.1, 0.15) is 19.4 Å². The Bertz CT molecular complexity index is 1350. The van der Waals surface area contributed by atoms with Crippen LogP contribution in [-0.4, -0.2) is 39.3 Å². The Hall–Kier alpha value is -4.07. The van der Waals surface area contributed by atoms with Gasteiger partial charge in [0, 0.05) is 24.0 Å². The summed E-state index contributed by atoms with van der Waals surface area (Å²) < 4.78 is 5.03. The molecule has 4 aromatic rings. The first kappa shape index (κ1) is 23.7. The van der Waals surface area contributed by atoms with Crippen LogP contribution in [0.25, 0.3) is 11.5 Å². The number of rotatable bonds is 8. The monoisotopic (exact) mass is 483 g/mol. The van der Waals surface area contributed by atoms with E-state index in [0.29, 0.717) is 18.0 Å². The number of hydrogen-bond donors (Lipinski definition) is 1. The van der Waals surface area contributed by atoms with E-state index in [2.05, 4.69) is 4.98 Å². The van der Waals surface area contributed by atoms with Gasteiger partial charge in [-0.1, -0.05) is 72.8 Å². The number of amides is 1. The molecular weight excluding hydrogens is 456 g/mol. The molecule has 7 nitrogen and oxygen atoms in total. The molecule has 0 radical (unpaired) electrons. The third kappa shape index (κ3) is 4.84. The molecule has 2 heterocycles. The SMILES string of the molecule is O=C(O)C1Cc2ccccc2C[N+]1(OCCc1coc(-c2ccccc2)n1)C(=O)Cc1ccccc1. The van der Waals surface area contributed by atoms with Crippen LogP contribution in [0.1, 0.15) is 22.4 Å². The molecule has 1 aromatic heterocycles. The number of fused-ring (bicyclic) bond motifs is 1. The summed E-state index contributed by atoms with van der Waals surface area (Å²) in [6.45, 7) is 0.278. The largest absolute Gasteiger partial charge is 0.477 e. The number of hydrogen-bond acceptors (Lipinski definition) is 5. The van der Waals surface area contributed by atoms with Gasteiger partial charge in [-0.3, -0.25) is 0 Å². The van der Waals surface area contributed by atoms with Crippen molar-refractivity contribution in [2.24, 2.45) is 0 Å². The number of quaternary nitrogens is 1. The van der Waals surface area contributed by atoms with Crippen molar-refractivity contribution in [1.82, 2.24) is 4.98 Å². The van der Waals surface area contributed by atoms with Gasteiger partial charge in [-0.2, -0.15) is 4.84 Å². The summed E-state index contributed by atoms with van der Waals surface area (Å²) in [6, 6.07) is 25.5. The molecule has 3 aromatic carbocycles. The Morgan fingerprint density at radius 3 is 2.33 bits per heavy atom. The van der Waals surface area contributed by atoms with Crippen molar-refractivity contribution in [1.29, 1.82) is 0 Å². The fourth-order valence-corrected chi connectivity index (χ4v) is 4.72. The zero-order valence-corrected chi connectivity index (χ0v) is 19.7. The van der Waals surface area contributed by atoms with Crippen molar-refractivity contribution in [2.45, 2.75) is 31.8 Å². The van der Waals surface area contributed by atoms with Gasteiger partial charge in [0.15, 0.2) is 0 Å². The number of carbonyl (C=O) groups is 2. The topological polar surface area (TPSA) is 89.6 Å². The van der Waals surface area contributed by atoms with E-state index in [1.807, 2.05) is 84.9 Å². The number of aromatic nitrogens is 1. The summed E-state index contributed by atoms with van der Waals surface area (Å²) in [7, 11) is 0. The van der Waals surface area contributed by atoms with Crippen LogP contribution in [0.4, 0.5) is 0 Å². The molecule has 1 aliphatic rings. The van der Waals surface area contributed by atoms with Crippen LogP contribution in [-0.2, 0) is 40.2 Å². The lowest BCUT2D eigenvalue weighted by molar-refractivity contribution is -1.07. The molecule has 0 saturated heterocycles. The van der Waals surface area contributed by atoms with Gasteiger partial charge in [0.25, 0.3) is 0 Å². The van der Waals surface area contributed by atoms with Crippen molar-refractivity contribution in [3.8, 4) is 11.5 Å². The van der Waals surface area contributed by atoms with Crippen molar-refractivity contribution >= 4 is 11.9 Å². The van der Waals surface area contributed by atoms with Crippen LogP contribution >= 0.6 is 0 Å². The summed E-state index contributed by atoms with van der Waals surface area (Å²) >= 11 is 0. The highest BCUT2D eigenvalue weighted by atomic mass is 16.7. The number of benzene rings is 3. The molecular formula is C29H27N2O5+. The number of carboxylic acids is 1. The highest BCUT2D eigenvalue weighted by molar-refractivity contribution is 5.79. The van der Waals surface area contributed by atoms with Crippen molar-refractivity contribution in [3.05, 3.63) is 114 Å². The predicted molar refractivity (Wildman–Crippen MR) is 132 cm³/mol. The van der Waals surface area contributed by atoms with Crippen LogP contribution in [0.3, 0.4) is 0 Å². The second kappa shape index (κ2) is 10.3. The van der Waals surface area contributed by atoms with E-state index >= 15 is 0 Å². The maximum atomic E-state index is 13.8. The van der Waals surface area contributed by atoms with Gasteiger partial charge in [0.2, 0.25) is 11.9 Å². The van der Waals surface area contributed by atoms with Crippen LogP contribution in [0.5, 0.6) is 0 Å². The zero-order valence-electron chi connectivity index (χ0n) is 19.7. The van der Waals surface area contributed by atoms with E-state index < -0.39 is 16.7 Å². The fraction of sp³-hybridized carbons (Fsp3) is 0.207. The molecule has 182 valence electrons. The van der Waals surface area contributed by atoms with Crippen LogP contribution in [0.2, 0.25) is 0 Å². The first-order valence-corrected chi connectivity index (χ1v) is 11.9. The molecule has 0 bridgehead atoms. The minimum absolute atomic E-state index is 0.0783. The molecule has 1 N–H and O–H groups in total. The first-order valence-electron chi connectivity index (χ1n) is 11.9. The second-order valence-electron chi connectivity index (χ2n) is 8.93. The van der Waals surface area contributed by atoms with Crippen LogP contribution < -0.4 is 0 Å². The third-order valence-electron chi connectivity index (χ3n) is 6.60. The molecule has 2 atom stereocenters. The minimum Gasteiger partial charge on any atom is -0.477 e.